The van der Waals surface area contributed by atoms with Gasteiger partial charge in [-0.25, -0.2) is 8.42 Å². The fourth-order valence-electron chi connectivity index (χ4n) is 4.10. The number of nitrogens with one attached hydrogen (secondary N) is 1. The number of para-hydroxylation sites is 1. The van der Waals surface area contributed by atoms with Gasteiger partial charge in [0.25, 0.3) is 0 Å². The Morgan fingerprint density at radius 2 is 1.59 bits per heavy atom. The zero-order valence-corrected chi connectivity index (χ0v) is 23.6. The fourth-order valence-corrected chi connectivity index (χ4v) is 5.58. The Balaban J connectivity index is 2.05. The molecule has 3 aromatic rings. The van der Waals surface area contributed by atoms with Crippen LogP contribution in [0.25, 0.3) is 0 Å². The van der Waals surface area contributed by atoms with Gasteiger partial charge in [-0.2, -0.15) is 0 Å². The molecule has 3 rings (SSSR count). The van der Waals surface area contributed by atoms with Crippen LogP contribution in [0.4, 0.5) is 5.69 Å². The zero-order chi connectivity index (χ0) is 27.0. The molecule has 9 heteroatoms. The number of aryl methyl sites for hydroxylation is 1. The predicted octanol–water partition coefficient (Wildman–Crippen LogP) is 4.30. The van der Waals surface area contributed by atoms with Crippen LogP contribution in [0.5, 0.6) is 0 Å². The summed E-state index contributed by atoms with van der Waals surface area (Å²) in [5.74, 6) is -0.769. The average Bonchev–Trinajstić information content (AvgIpc) is 2.85. The van der Waals surface area contributed by atoms with Crippen molar-refractivity contribution in [2.45, 2.75) is 32.9 Å². The first-order chi connectivity index (χ1) is 17.6. The molecule has 0 aliphatic rings. The highest BCUT2D eigenvalue weighted by Gasteiger charge is 2.33. The number of nitrogens with zero attached hydrogens (tertiary/aromatic N) is 2. The highest BCUT2D eigenvalue weighted by molar-refractivity contribution is 9.10. The van der Waals surface area contributed by atoms with Gasteiger partial charge in [-0.1, -0.05) is 72.3 Å². The lowest BCUT2D eigenvalue weighted by Crippen LogP contribution is -2.53. The van der Waals surface area contributed by atoms with E-state index in [2.05, 4.69) is 21.2 Å². The minimum atomic E-state index is -3.81. The van der Waals surface area contributed by atoms with Crippen LogP contribution in [0.3, 0.4) is 0 Å². The summed E-state index contributed by atoms with van der Waals surface area (Å²) in [6.45, 7) is 3.89. The summed E-state index contributed by atoms with van der Waals surface area (Å²) < 4.78 is 27.2. The van der Waals surface area contributed by atoms with Crippen LogP contribution in [0.15, 0.2) is 83.3 Å². The molecule has 2 amide bonds. The third-order valence-corrected chi connectivity index (χ3v) is 7.65. The highest BCUT2D eigenvalue weighted by Crippen LogP contribution is 2.28. The molecule has 37 heavy (non-hydrogen) atoms. The van der Waals surface area contributed by atoms with Gasteiger partial charge in [0.1, 0.15) is 12.6 Å². The van der Waals surface area contributed by atoms with Gasteiger partial charge in [0.15, 0.2) is 0 Å². The van der Waals surface area contributed by atoms with Crippen molar-refractivity contribution in [3.8, 4) is 0 Å². The lowest BCUT2D eigenvalue weighted by atomic mass is 10.0. The van der Waals surface area contributed by atoms with Crippen molar-refractivity contribution in [2.24, 2.45) is 0 Å². The average molecular weight is 587 g/mol. The molecule has 196 valence electrons. The second kappa shape index (κ2) is 12.9. The summed E-state index contributed by atoms with van der Waals surface area (Å²) >= 11 is 3.40. The molecule has 0 spiro atoms. The van der Waals surface area contributed by atoms with E-state index >= 15 is 0 Å². The maximum atomic E-state index is 13.9. The van der Waals surface area contributed by atoms with Gasteiger partial charge in [-0.3, -0.25) is 13.9 Å². The number of likely N-dealkylation sites (N-methyl/N-ethyl adjacent to an activating group) is 1. The van der Waals surface area contributed by atoms with E-state index in [0.717, 1.165) is 27.3 Å². The smallest absolute Gasteiger partial charge is 0.244 e. The van der Waals surface area contributed by atoms with Gasteiger partial charge in [-0.15, -0.1) is 0 Å². The molecule has 1 N–H and O–H groups in total. The largest absolute Gasteiger partial charge is 0.355 e. The Kier molecular flexibility index (Phi) is 9.88. The molecule has 0 aliphatic heterocycles. The van der Waals surface area contributed by atoms with E-state index in [-0.39, 0.29) is 18.9 Å². The first kappa shape index (κ1) is 28.4. The normalized spacial score (nSPS) is 12.0. The van der Waals surface area contributed by atoms with E-state index in [4.69, 9.17) is 0 Å². The van der Waals surface area contributed by atoms with E-state index in [1.54, 1.807) is 24.3 Å². The number of anilines is 1. The number of halogens is 1. The summed E-state index contributed by atoms with van der Waals surface area (Å²) in [5, 5.41) is 2.85. The summed E-state index contributed by atoms with van der Waals surface area (Å²) in [4.78, 5) is 28.7. The van der Waals surface area contributed by atoms with Crippen LogP contribution < -0.4 is 9.62 Å². The number of sulfonamides is 1. The summed E-state index contributed by atoms with van der Waals surface area (Å²) in [7, 11) is -3.81. The first-order valence-corrected chi connectivity index (χ1v) is 14.6. The van der Waals surface area contributed by atoms with Crippen molar-refractivity contribution < 1.29 is 18.0 Å². The number of amides is 2. The van der Waals surface area contributed by atoms with Gasteiger partial charge in [-0.05, 0) is 53.0 Å². The molecule has 0 heterocycles. The quantitative estimate of drug-likeness (QED) is 0.363. The molecule has 0 bridgehead atoms. The molecule has 0 unspecified atom stereocenters. The second-order valence-corrected chi connectivity index (χ2v) is 11.6. The third kappa shape index (κ3) is 7.90. The van der Waals surface area contributed by atoms with Gasteiger partial charge in [0.2, 0.25) is 21.8 Å². The van der Waals surface area contributed by atoms with Crippen molar-refractivity contribution in [3.63, 3.8) is 0 Å². The second-order valence-electron chi connectivity index (χ2n) is 8.83. The SMILES string of the molecule is CCNC(=O)[C@H](Cc1ccccc1)N(Cc1cccc(C)c1)C(=O)CN(c1ccccc1Br)S(C)(=O)=O. The lowest BCUT2D eigenvalue weighted by Gasteiger charge is -2.33. The van der Waals surface area contributed by atoms with Crippen LogP contribution in [0.1, 0.15) is 23.6 Å². The highest BCUT2D eigenvalue weighted by atomic mass is 79.9. The van der Waals surface area contributed by atoms with Gasteiger partial charge >= 0.3 is 0 Å². The number of rotatable bonds is 11. The standard InChI is InChI=1S/C28H32BrN3O4S/c1-4-30-28(34)26(18-22-12-6-5-7-13-22)31(19-23-14-10-11-21(2)17-23)27(33)20-32(37(3,35)36)25-16-9-8-15-24(25)29/h5-17,26H,4,18-20H2,1-3H3,(H,30,34)/t26-/m0/s1. The zero-order valence-electron chi connectivity index (χ0n) is 21.2. The topological polar surface area (TPSA) is 86.8 Å². The van der Waals surface area contributed by atoms with E-state index < -0.39 is 28.5 Å². The van der Waals surface area contributed by atoms with Crippen molar-refractivity contribution >= 4 is 43.5 Å². The minimum absolute atomic E-state index is 0.155. The summed E-state index contributed by atoms with van der Waals surface area (Å²) in [5.41, 5.74) is 3.12. The number of carbonyl (C=O) groups excluding carboxylic acids is 2. The maximum Gasteiger partial charge on any atom is 0.244 e. The van der Waals surface area contributed by atoms with Crippen molar-refractivity contribution in [1.29, 1.82) is 0 Å². The number of benzene rings is 3. The minimum Gasteiger partial charge on any atom is -0.355 e. The van der Waals surface area contributed by atoms with Gasteiger partial charge in [0, 0.05) is 24.0 Å². The maximum absolute atomic E-state index is 13.9. The molecule has 7 nitrogen and oxygen atoms in total. The van der Waals surface area contributed by atoms with Gasteiger partial charge < -0.3 is 10.2 Å². The Morgan fingerprint density at radius 1 is 0.946 bits per heavy atom. The van der Waals surface area contributed by atoms with Crippen LogP contribution in [0.2, 0.25) is 0 Å². The molecule has 0 radical (unpaired) electrons. The first-order valence-electron chi connectivity index (χ1n) is 12.0. The Labute approximate surface area is 227 Å². The Hall–Kier alpha value is -3.17. The van der Waals surface area contributed by atoms with Crippen LogP contribution in [0, 0.1) is 6.92 Å². The van der Waals surface area contributed by atoms with Crippen LogP contribution in [-0.2, 0) is 32.6 Å². The molecule has 3 aromatic carbocycles. The predicted molar refractivity (Wildman–Crippen MR) is 151 cm³/mol. The monoisotopic (exact) mass is 585 g/mol. The van der Waals surface area contributed by atoms with E-state index in [1.165, 1.54) is 4.90 Å². The molecule has 1 atom stereocenters. The van der Waals surface area contributed by atoms with Crippen molar-refractivity contribution in [1.82, 2.24) is 10.2 Å². The number of hydrogen-bond acceptors (Lipinski definition) is 4. The van der Waals surface area contributed by atoms with E-state index in [1.807, 2.05) is 68.4 Å². The third-order valence-electron chi connectivity index (χ3n) is 5.86. The van der Waals surface area contributed by atoms with E-state index in [9.17, 15) is 18.0 Å². The van der Waals surface area contributed by atoms with Crippen molar-refractivity contribution in [3.05, 3.63) is 100 Å². The van der Waals surface area contributed by atoms with E-state index in [0.29, 0.717) is 16.7 Å². The molecule has 0 saturated heterocycles. The summed E-state index contributed by atoms with van der Waals surface area (Å²) in [6, 6.07) is 23.2. The Morgan fingerprint density at radius 3 is 2.22 bits per heavy atom. The van der Waals surface area contributed by atoms with Crippen LogP contribution in [-0.4, -0.2) is 50.5 Å². The fraction of sp³-hybridized carbons (Fsp3) is 0.286. The van der Waals surface area contributed by atoms with Crippen molar-refractivity contribution in [2.75, 3.05) is 23.7 Å². The lowest BCUT2D eigenvalue weighted by molar-refractivity contribution is -0.140. The molecular weight excluding hydrogens is 554 g/mol. The molecule has 0 saturated carbocycles. The molecule has 0 aliphatic carbocycles. The van der Waals surface area contributed by atoms with Crippen LogP contribution >= 0.6 is 15.9 Å². The molecule has 0 aromatic heterocycles. The number of hydrogen-bond donors (Lipinski definition) is 1. The van der Waals surface area contributed by atoms with Gasteiger partial charge in [0.05, 0.1) is 11.9 Å². The molecule has 0 fully saturated rings. The Bertz CT molecular complexity index is 1330. The summed E-state index contributed by atoms with van der Waals surface area (Å²) in [6.07, 6.45) is 1.36. The molecular formula is C28H32BrN3O4S. The number of carbonyl (C=O) groups is 2.